The third-order valence-electron chi connectivity index (χ3n) is 7.61. The molecule has 7 aromatic carbocycles. The van der Waals surface area contributed by atoms with E-state index in [0.717, 1.165) is 4.57 Å². The maximum Gasteiger partial charge on any atom is 0.166 e. The van der Waals surface area contributed by atoms with Crippen molar-refractivity contribution in [1.82, 2.24) is 19.5 Å². The Hall–Kier alpha value is -6.85. The molecule has 50 heavy (non-hydrogen) atoms. The smallest absolute Gasteiger partial charge is 0.166 e. The molecular formula is C45H28N4O. The van der Waals surface area contributed by atoms with Crippen molar-refractivity contribution in [3.63, 3.8) is 0 Å². The van der Waals surface area contributed by atoms with Crippen molar-refractivity contribution in [3.05, 3.63) is 169 Å². The molecule has 0 unspecified atom stereocenters. The molecule has 0 spiro atoms. The Morgan fingerprint density at radius 1 is 0.420 bits per heavy atom. The van der Waals surface area contributed by atoms with Gasteiger partial charge in [0, 0.05) is 32.8 Å². The zero-order chi connectivity index (χ0) is 57.4. The van der Waals surface area contributed by atoms with Crippen LogP contribution in [-0.4, -0.2) is 19.5 Å². The monoisotopic (exact) mass is 668 g/mol. The summed E-state index contributed by atoms with van der Waals surface area (Å²) in [6, 6.07) is -26.4. The molecule has 0 bridgehead atoms. The summed E-state index contributed by atoms with van der Waals surface area (Å²) in [6.07, 6.45) is 0. The molecule has 0 saturated carbocycles. The third-order valence-corrected chi connectivity index (χ3v) is 7.61. The summed E-state index contributed by atoms with van der Waals surface area (Å²) in [7, 11) is 0. The highest BCUT2D eigenvalue weighted by atomic mass is 16.3. The van der Waals surface area contributed by atoms with Crippen LogP contribution in [0.3, 0.4) is 0 Å². The Morgan fingerprint density at radius 3 is 1.64 bits per heavy atom. The summed E-state index contributed by atoms with van der Waals surface area (Å²) in [6.45, 7) is 0. The Labute approximate surface area is 327 Å². The van der Waals surface area contributed by atoms with Gasteiger partial charge >= 0.3 is 0 Å². The molecule has 3 heterocycles. The number of fused-ring (bicyclic) bond motifs is 6. The minimum Gasteiger partial charge on any atom is -0.456 e. The minimum atomic E-state index is -1.05. The van der Waals surface area contributed by atoms with Crippen molar-refractivity contribution in [3.8, 4) is 51.0 Å². The van der Waals surface area contributed by atoms with E-state index in [1.165, 1.54) is 0 Å². The number of rotatable bonds is 5. The highest BCUT2D eigenvalue weighted by molar-refractivity contribution is 6.19. The Morgan fingerprint density at radius 2 is 0.940 bits per heavy atom. The summed E-state index contributed by atoms with van der Waals surface area (Å²) in [5, 5.41) is -2.51. The van der Waals surface area contributed by atoms with Gasteiger partial charge in [0.15, 0.2) is 17.5 Å². The van der Waals surface area contributed by atoms with Gasteiger partial charge in [-0.05, 0) is 41.3 Å². The van der Waals surface area contributed by atoms with E-state index in [9.17, 15) is 9.60 Å². The van der Waals surface area contributed by atoms with E-state index >= 15 is 0 Å². The number of benzene rings is 7. The zero-order valence-electron chi connectivity index (χ0n) is 52.7. The molecule has 3 aromatic heterocycles. The van der Waals surface area contributed by atoms with Crippen molar-refractivity contribution >= 4 is 43.7 Å². The lowest BCUT2D eigenvalue weighted by atomic mass is 9.98. The molecule has 0 amide bonds. The minimum absolute atomic E-state index is 0.606. The van der Waals surface area contributed by atoms with Crippen LogP contribution in [-0.2, 0) is 0 Å². The van der Waals surface area contributed by atoms with E-state index in [4.69, 9.17) is 33.2 Å². The predicted molar refractivity (Wildman–Crippen MR) is 203 cm³/mol. The van der Waals surface area contributed by atoms with E-state index < -0.39 is 264 Å². The maximum atomic E-state index is 9.70. The number of aromatic nitrogens is 4. The number of furan rings is 1. The van der Waals surface area contributed by atoms with Gasteiger partial charge in [-0.15, -0.1) is 0 Å². The fraction of sp³-hybridized carbons (Fsp3) is 0. The average molecular weight is 669 g/mol. The molecule has 0 fully saturated rings. The van der Waals surface area contributed by atoms with Gasteiger partial charge in [0.25, 0.3) is 0 Å². The largest absolute Gasteiger partial charge is 0.456 e. The molecule has 0 N–H and O–H groups in total. The molecule has 10 rings (SSSR count). The van der Waals surface area contributed by atoms with Crippen molar-refractivity contribution in [2.75, 3.05) is 0 Å². The molecule has 0 aliphatic rings. The Bertz CT molecular complexity index is 4320. The number of nitrogens with zero attached hydrogens (tertiary/aromatic N) is 4. The summed E-state index contributed by atoms with van der Waals surface area (Å²) in [5.41, 5.74) is -7.53. The SMILES string of the molecule is [2H]c1c([2H])c([2H])c(-c2nc(-c3c([2H])c([2H])c([2H])c([2H])c3[2H])nc(-c3c([2H])c([2H])c([2H])c4c5c([2H])c([2H])c([2H])c([2H])c5n(-c5c([2H])c([2H])c([2H])c6oc7c([2H])c([2H])c([2H])c(-c8c([2H])c([2H])c([2H])c([2H])c8[2H])c7c56)c34)n2)c([2H])c1[2H]. The number of hydrogen-bond acceptors (Lipinski definition) is 4. The van der Waals surface area contributed by atoms with Gasteiger partial charge in [0.1, 0.15) is 11.2 Å². The van der Waals surface area contributed by atoms with E-state index in [0.29, 0.717) is 0 Å². The molecule has 234 valence electrons. The van der Waals surface area contributed by atoms with Gasteiger partial charge in [0.05, 0.1) is 60.5 Å². The topological polar surface area (TPSA) is 56.7 Å². The van der Waals surface area contributed by atoms with Crippen LogP contribution in [0.2, 0.25) is 0 Å². The fourth-order valence-corrected chi connectivity index (χ4v) is 5.62. The van der Waals surface area contributed by atoms with Gasteiger partial charge in [0.2, 0.25) is 0 Å². The molecule has 0 atom stereocenters. The normalized spacial score (nSPS) is 19.4. The highest BCUT2D eigenvalue weighted by Gasteiger charge is 2.23. The first-order valence-corrected chi connectivity index (χ1v) is 14.4. The van der Waals surface area contributed by atoms with Gasteiger partial charge in [-0.25, -0.2) is 15.0 Å². The van der Waals surface area contributed by atoms with Gasteiger partial charge in [-0.1, -0.05) is 139 Å². The second-order valence-corrected chi connectivity index (χ2v) is 10.3. The molecule has 0 aliphatic carbocycles. The van der Waals surface area contributed by atoms with Crippen LogP contribution < -0.4 is 0 Å². The van der Waals surface area contributed by atoms with Crippen LogP contribution in [0, 0.1) is 0 Å². The van der Waals surface area contributed by atoms with Crippen LogP contribution in [0.5, 0.6) is 0 Å². The molecule has 10 aromatic rings. The first-order chi connectivity index (χ1) is 36.4. The van der Waals surface area contributed by atoms with E-state index in [1.807, 2.05) is 0 Å². The number of hydrogen-bond donors (Lipinski definition) is 0. The molecule has 5 heteroatoms. The van der Waals surface area contributed by atoms with E-state index in [-0.39, 0.29) is 0 Å². The Balaban J connectivity index is 1.54. The lowest BCUT2D eigenvalue weighted by Crippen LogP contribution is -2.02. The lowest BCUT2D eigenvalue weighted by molar-refractivity contribution is 0.669. The first-order valence-electron chi connectivity index (χ1n) is 28.4. The van der Waals surface area contributed by atoms with Crippen molar-refractivity contribution in [2.45, 2.75) is 0 Å². The van der Waals surface area contributed by atoms with Crippen molar-refractivity contribution in [2.24, 2.45) is 0 Å². The number of para-hydroxylation sites is 2. The predicted octanol–water partition coefficient (Wildman–Crippen LogP) is 11.5. The van der Waals surface area contributed by atoms with Gasteiger partial charge < -0.3 is 8.98 Å². The van der Waals surface area contributed by atoms with E-state index in [1.54, 1.807) is 0 Å². The highest BCUT2D eigenvalue weighted by Crippen LogP contribution is 2.43. The summed E-state index contributed by atoms with van der Waals surface area (Å²) in [5.74, 6) is -2.69. The summed E-state index contributed by atoms with van der Waals surface area (Å²) in [4.78, 5) is 13.1. The lowest BCUT2D eigenvalue weighted by Gasteiger charge is -2.14. The summed E-state index contributed by atoms with van der Waals surface area (Å²) < 4.78 is 255. The summed E-state index contributed by atoms with van der Waals surface area (Å²) >= 11 is 0. The third kappa shape index (κ3) is 4.45. The van der Waals surface area contributed by atoms with Crippen LogP contribution in [0.4, 0.5) is 0 Å². The first kappa shape index (κ1) is 11.9. The van der Waals surface area contributed by atoms with Gasteiger partial charge in [-0.3, -0.25) is 0 Å². The average Bonchev–Trinajstić information content (AvgIpc) is 3.58. The van der Waals surface area contributed by atoms with Crippen LogP contribution >= 0.6 is 0 Å². The molecular weight excluding hydrogens is 613 g/mol. The second kappa shape index (κ2) is 11.4. The molecule has 5 nitrogen and oxygen atoms in total. The Kier molecular flexibility index (Phi) is 2.72. The standard InChI is InChI=1S/C45H28N4O/c1-4-15-29(16-5-1)32-22-13-27-38-40(32)41-37(26-14-28-39(41)50-38)49-36-25-11-10-21-33(36)34-23-12-24-35(42(34)49)45-47-43(30-17-6-2-7-18-30)46-44(48-45)31-19-8-3-9-20-31/h1-28H/i1D,2D,3D,4D,5D,6D,7D,8D,9D,10D,11D,12D,13D,14D,15D,16D,17D,18D,19D,20D,21D,22D,23D,24D,25D,26D,27D,28D. The molecule has 0 radical (unpaired) electrons. The molecule has 0 saturated heterocycles. The van der Waals surface area contributed by atoms with Crippen molar-refractivity contribution < 1.29 is 42.8 Å². The van der Waals surface area contributed by atoms with Crippen molar-refractivity contribution in [1.29, 1.82) is 0 Å². The maximum absolute atomic E-state index is 9.70. The van der Waals surface area contributed by atoms with Gasteiger partial charge in [-0.2, -0.15) is 0 Å². The quantitative estimate of drug-likeness (QED) is 0.183. The van der Waals surface area contributed by atoms with Crippen LogP contribution in [0.15, 0.2) is 174 Å². The second-order valence-electron chi connectivity index (χ2n) is 10.3. The van der Waals surface area contributed by atoms with Crippen LogP contribution in [0.1, 0.15) is 38.4 Å². The molecule has 0 aliphatic heterocycles. The fourth-order valence-electron chi connectivity index (χ4n) is 5.62. The van der Waals surface area contributed by atoms with Crippen LogP contribution in [0.25, 0.3) is 94.7 Å². The zero-order valence-corrected chi connectivity index (χ0v) is 24.7. The van der Waals surface area contributed by atoms with E-state index in [2.05, 4.69) is 15.0 Å².